The maximum atomic E-state index is 5.25. The molecule has 0 unspecified atom stereocenters. The zero-order chi connectivity index (χ0) is 14.8. The van der Waals surface area contributed by atoms with E-state index in [1.165, 1.54) is 0 Å². The smallest absolute Gasteiger partial charge is 0.275 e. The van der Waals surface area contributed by atoms with Gasteiger partial charge in [0.1, 0.15) is 11.4 Å². The molecule has 0 amide bonds. The minimum atomic E-state index is 0.225. The van der Waals surface area contributed by atoms with Crippen molar-refractivity contribution in [2.75, 3.05) is 7.11 Å². The first-order valence-electron chi connectivity index (χ1n) is 6.71. The van der Waals surface area contributed by atoms with Crippen molar-refractivity contribution in [1.82, 2.24) is 20.3 Å². The van der Waals surface area contributed by atoms with Crippen molar-refractivity contribution in [2.45, 2.75) is 19.8 Å². The number of H-pyrrole nitrogens is 1. The Morgan fingerprint density at radius 2 is 2.10 bits per heavy atom. The summed E-state index contributed by atoms with van der Waals surface area (Å²) in [4.78, 5) is 4.35. The molecule has 0 radical (unpaired) electrons. The van der Waals surface area contributed by atoms with Crippen LogP contribution in [0.25, 0.3) is 22.8 Å². The number of nitrogens with one attached hydrogen (secondary N) is 1. The molecule has 3 aromatic rings. The van der Waals surface area contributed by atoms with Crippen molar-refractivity contribution in [3.63, 3.8) is 0 Å². The standard InChI is InChI=1S/C15H16N4O2/c1-9(2)14-16-15(21-19-14)13-8-12(17-18-13)10-5-4-6-11(7-10)20-3/h4-9H,1-3H3,(H,17,18). The Labute approximate surface area is 122 Å². The van der Waals surface area contributed by atoms with Crippen LogP contribution >= 0.6 is 0 Å². The molecule has 108 valence electrons. The van der Waals surface area contributed by atoms with E-state index in [1.807, 2.05) is 44.2 Å². The zero-order valence-electron chi connectivity index (χ0n) is 12.1. The fraction of sp³-hybridized carbons (Fsp3) is 0.267. The van der Waals surface area contributed by atoms with Gasteiger partial charge in [0, 0.05) is 11.5 Å². The van der Waals surface area contributed by atoms with Gasteiger partial charge in [-0.15, -0.1) is 0 Å². The summed E-state index contributed by atoms with van der Waals surface area (Å²) in [6.45, 7) is 4.03. The quantitative estimate of drug-likeness (QED) is 0.795. The highest BCUT2D eigenvalue weighted by Gasteiger charge is 2.14. The van der Waals surface area contributed by atoms with Gasteiger partial charge in [0.05, 0.1) is 12.8 Å². The topological polar surface area (TPSA) is 76.8 Å². The third-order valence-electron chi connectivity index (χ3n) is 3.13. The SMILES string of the molecule is COc1cccc(-c2cc(-c3nc(C(C)C)no3)[nH]n2)c1. The number of ether oxygens (including phenoxy) is 1. The number of nitrogens with zero attached hydrogens (tertiary/aromatic N) is 3. The maximum Gasteiger partial charge on any atom is 0.275 e. The first-order valence-corrected chi connectivity index (χ1v) is 6.71. The van der Waals surface area contributed by atoms with E-state index in [0.29, 0.717) is 17.4 Å². The molecule has 21 heavy (non-hydrogen) atoms. The Morgan fingerprint density at radius 1 is 1.24 bits per heavy atom. The van der Waals surface area contributed by atoms with Gasteiger partial charge < -0.3 is 9.26 Å². The Morgan fingerprint density at radius 3 is 2.81 bits per heavy atom. The second-order valence-corrected chi connectivity index (χ2v) is 5.01. The lowest BCUT2D eigenvalue weighted by Crippen LogP contribution is -1.89. The number of hydrogen-bond acceptors (Lipinski definition) is 5. The first kappa shape index (κ1) is 13.4. The fourth-order valence-corrected chi connectivity index (χ4v) is 1.94. The van der Waals surface area contributed by atoms with Crippen LogP contribution in [0.2, 0.25) is 0 Å². The molecule has 0 spiro atoms. The lowest BCUT2D eigenvalue weighted by molar-refractivity contribution is 0.415. The van der Waals surface area contributed by atoms with E-state index < -0.39 is 0 Å². The molecule has 0 aliphatic rings. The Kier molecular flexibility index (Phi) is 3.43. The molecule has 0 saturated carbocycles. The van der Waals surface area contributed by atoms with E-state index in [0.717, 1.165) is 17.0 Å². The second-order valence-electron chi connectivity index (χ2n) is 5.01. The Bertz CT molecular complexity index is 745. The largest absolute Gasteiger partial charge is 0.497 e. The van der Waals surface area contributed by atoms with Gasteiger partial charge >= 0.3 is 0 Å². The molecular formula is C15H16N4O2. The van der Waals surface area contributed by atoms with Crippen LogP contribution in [0, 0.1) is 0 Å². The summed E-state index contributed by atoms with van der Waals surface area (Å²) < 4.78 is 10.5. The maximum absolute atomic E-state index is 5.25. The molecule has 6 nitrogen and oxygen atoms in total. The Hall–Kier alpha value is -2.63. The van der Waals surface area contributed by atoms with Crippen molar-refractivity contribution >= 4 is 0 Å². The summed E-state index contributed by atoms with van der Waals surface area (Å²) in [6, 6.07) is 9.59. The lowest BCUT2D eigenvalue weighted by atomic mass is 10.1. The number of rotatable bonds is 4. The fourth-order valence-electron chi connectivity index (χ4n) is 1.94. The summed E-state index contributed by atoms with van der Waals surface area (Å²) in [5.41, 5.74) is 2.46. The van der Waals surface area contributed by atoms with Gasteiger partial charge in [-0.2, -0.15) is 10.1 Å². The van der Waals surface area contributed by atoms with Crippen LogP contribution in [0.3, 0.4) is 0 Å². The van der Waals surface area contributed by atoms with Crippen molar-refractivity contribution in [1.29, 1.82) is 0 Å². The molecule has 0 aliphatic heterocycles. The summed E-state index contributed by atoms with van der Waals surface area (Å²) in [6.07, 6.45) is 0. The van der Waals surface area contributed by atoms with Crippen molar-refractivity contribution in [3.8, 4) is 28.6 Å². The molecule has 1 N–H and O–H groups in total. The van der Waals surface area contributed by atoms with Crippen molar-refractivity contribution < 1.29 is 9.26 Å². The molecule has 0 fully saturated rings. The molecule has 0 aliphatic carbocycles. The summed E-state index contributed by atoms with van der Waals surface area (Å²) in [7, 11) is 1.64. The molecular weight excluding hydrogens is 268 g/mol. The van der Waals surface area contributed by atoms with Crippen LogP contribution in [-0.2, 0) is 0 Å². The van der Waals surface area contributed by atoms with Crippen LogP contribution in [0.1, 0.15) is 25.6 Å². The van der Waals surface area contributed by atoms with E-state index in [2.05, 4.69) is 20.3 Å². The third kappa shape index (κ3) is 2.65. The van der Waals surface area contributed by atoms with E-state index in [-0.39, 0.29) is 5.92 Å². The molecule has 6 heteroatoms. The van der Waals surface area contributed by atoms with Gasteiger partial charge in [0.25, 0.3) is 5.89 Å². The van der Waals surface area contributed by atoms with Crippen LogP contribution in [-0.4, -0.2) is 27.4 Å². The van der Waals surface area contributed by atoms with Crippen LogP contribution < -0.4 is 4.74 Å². The normalized spacial score (nSPS) is 11.0. The first-order chi connectivity index (χ1) is 10.2. The van der Waals surface area contributed by atoms with E-state index in [4.69, 9.17) is 9.26 Å². The van der Waals surface area contributed by atoms with Crippen molar-refractivity contribution in [3.05, 3.63) is 36.2 Å². The predicted molar refractivity (Wildman–Crippen MR) is 78.0 cm³/mol. The average molecular weight is 284 g/mol. The summed E-state index contributed by atoms with van der Waals surface area (Å²) in [5, 5.41) is 11.2. The van der Waals surface area contributed by atoms with Gasteiger partial charge in [-0.3, -0.25) is 5.10 Å². The van der Waals surface area contributed by atoms with Gasteiger partial charge in [-0.25, -0.2) is 0 Å². The molecule has 3 rings (SSSR count). The van der Waals surface area contributed by atoms with E-state index >= 15 is 0 Å². The number of hydrogen-bond donors (Lipinski definition) is 1. The highest BCUT2D eigenvalue weighted by molar-refractivity contribution is 5.65. The Balaban J connectivity index is 1.91. The third-order valence-corrected chi connectivity index (χ3v) is 3.13. The lowest BCUT2D eigenvalue weighted by Gasteiger charge is -2.00. The number of aromatic amines is 1. The monoisotopic (exact) mass is 284 g/mol. The zero-order valence-corrected chi connectivity index (χ0v) is 12.1. The summed E-state index contributed by atoms with van der Waals surface area (Å²) in [5.74, 6) is 2.14. The van der Waals surface area contributed by atoms with Gasteiger partial charge in [-0.05, 0) is 18.2 Å². The van der Waals surface area contributed by atoms with Crippen molar-refractivity contribution in [2.24, 2.45) is 0 Å². The summed E-state index contributed by atoms with van der Waals surface area (Å²) >= 11 is 0. The van der Waals surface area contributed by atoms with E-state index in [1.54, 1.807) is 7.11 Å². The molecule has 0 atom stereocenters. The molecule has 0 bridgehead atoms. The molecule has 2 aromatic heterocycles. The van der Waals surface area contributed by atoms with E-state index in [9.17, 15) is 0 Å². The number of benzene rings is 1. The highest BCUT2D eigenvalue weighted by atomic mass is 16.5. The van der Waals surface area contributed by atoms with Crippen LogP contribution in [0.4, 0.5) is 0 Å². The number of aromatic nitrogens is 4. The van der Waals surface area contributed by atoms with Crippen LogP contribution in [0.5, 0.6) is 5.75 Å². The molecule has 2 heterocycles. The molecule has 1 aromatic carbocycles. The highest BCUT2D eigenvalue weighted by Crippen LogP contribution is 2.26. The minimum Gasteiger partial charge on any atom is -0.497 e. The van der Waals surface area contributed by atoms with Gasteiger partial charge in [-0.1, -0.05) is 31.1 Å². The second kappa shape index (κ2) is 5.40. The average Bonchev–Trinajstić information content (AvgIpc) is 3.16. The minimum absolute atomic E-state index is 0.225. The van der Waals surface area contributed by atoms with Crippen LogP contribution in [0.15, 0.2) is 34.9 Å². The number of methoxy groups -OCH3 is 1. The van der Waals surface area contributed by atoms with Gasteiger partial charge in [0.15, 0.2) is 5.82 Å². The molecule has 0 saturated heterocycles. The van der Waals surface area contributed by atoms with Gasteiger partial charge in [0.2, 0.25) is 0 Å². The predicted octanol–water partition coefficient (Wildman–Crippen LogP) is 3.26.